The fourth-order valence-corrected chi connectivity index (χ4v) is 6.10. The number of ether oxygens (including phenoxy) is 1. The van der Waals surface area contributed by atoms with E-state index >= 15 is 4.39 Å². The van der Waals surface area contributed by atoms with Crippen LogP contribution in [0.15, 0.2) is 35.2 Å². The number of halogens is 4. The molecule has 0 aromatic heterocycles. The fourth-order valence-electron chi connectivity index (χ4n) is 4.63. The van der Waals surface area contributed by atoms with Crippen molar-refractivity contribution in [2.45, 2.75) is 42.0 Å². The zero-order valence-corrected chi connectivity index (χ0v) is 19.6. The van der Waals surface area contributed by atoms with Crippen molar-refractivity contribution in [3.05, 3.63) is 47.3 Å². The number of anilines is 2. The van der Waals surface area contributed by atoms with E-state index in [1.807, 2.05) is 0 Å². The molecule has 1 saturated carbocycles. The third-order valence-corrected chi connectivity index (χ3v) is 8.00. The van der Waals surface area contributed by atoms with Crippen LogP contribution in [0.5, 0.6) is 5.75 Å². The third-order valence-electron chi connectivity index (χ3n) is 6.47. The van der Waals surface area contributed by atoms with E-state index in [9.17, 15) is 23.1 Å². The van der Waals surface area contributed by atoms with E-state index in [1.165, 1.54) is 17.8 Å². The summed E-state index contributed by atoms with van der Waals surface area (Å²) in [6, 6.07) is 8.32. The standard InChI is InChI=1S/C23H17F4N3O3S2/c24-19-15(4-2-12(9-28)18(19)23(25,26)27)29-20(32)22(6-1-7-22)30(21(29)34)13-3-5-16-17(8-13)35-11-14(10-31)33-16/h2-5,8,14,31H,1,6-7,10-11H2. The van der Waals surface area contributed by atoms with Gasteiger partial charge in [-0.1, -0.05) is 0 Å². The van der Waals surface area contributed by atoms with Crippen molar-refractivity contribution in [1.29, 1.82) is 5.26 Å². The summed E-state index contributed by atoms with van der Waals surface area (Å²) < 4.78 is 61.7. The first-order valence-corrected chi connectivity index (χ1v) is 12.0. The molecule has 2 aromatic rings. The first-order valence-electron chi connectivity index (χ1n) is 10.7. The summed E-state index contributed by atoms with van der Waals surface area (Å²) in [6.07, 6.45) is -3.97. The number of thiocarbonyl (C=S) groups is 1. The summed E-state index contributed by atoms with van der Waals surface area (Å²) in [5.74, 6) is -1.24. The molecular formula is C23H17F4N3O3S2. The van der Waals surface area contributed by atoms with Crippen LogP contribution >= 0.6 is 24.0 Å². The first-order chi connectivity index (χ1) is 16.6. The molecule has 2 heterocycles. The molecule has 0 radical (unpaired) electrons. The molecule has 1 aliphatic carbocycles. The maximum Gasteiger partial charge on any atom is 0.420 e. The zero-order valence-electron chi connectivity index (χ0n) is 17.9. The number of carbonyl (C=O) groups is 1. The lowest BCUT2D eigenvalue weighted by Gasteiger charge is -2.43. The topological polar surface area (TPSA) is 76.8 Å². The second kappa shape index (κ2) is 8.36. The highest BCUT2D eigenvalue weighted by molar-refractivity contribution is 7.99. The van der Waals surface area contributed by atoms with Crippen molar-refractivity contribution < 1.29 is 32.2 Å². The van der Waals surface area contributed by atoms with Gasteiger partial charge in [-0.3, -0.25) is 9.69 Å². The molecule has 1 amide bonds. The molecule has 12 heteroatoms. The lowest BCUT2D eigenvalue weighted by molar-refractivity contribution is -0.140. The number of benzene rings is 2. The van der Waals surface area contributed by atoms with Gasteiger partial charge in [0.2, 0.25) is 0 Å². The predicted molar refractivity (Wildman–Crippen MR) is 124 cm³/mol. The molecule has 1 atom stereocenters. The highest BCUT2D eigenvalue weighted by atomic mass is 32.2. The van der Waals surface area contributed by atoms with Crippen molar-refractivity contribution in [3.8, 4) is 11.8 Å². The molecule has 6 nitrogen and oxygen atoms in total. The molecule has 182 valence electrons. The van der Waals surface area contributed by atoms with E-state index < -0.39 is 40.3 Å². The maximum atomic E-state index is 15.2. The minimum absolute atomic E-state index is 0.132. The normalized spacial score (nSPS) is 21.0. The van der Waals surface area contributed by atoms with E-state index in [1.54, 1.807) is 23.1 Å². The highest BCUT2D eigenvalue weighted by Gasteiger charge is 2.60. The number of rotatable bonds is 3. The van der Waals surface area contributed by atoms with Crippen LogP contribution in [0.25, 0.3) is 0 Å². The number of thioether (sulfide) groups is 1. The monoisotopic (exact) mass is 523 g/mol. The van der Waals surface area contributed by atoms with Crippen LogP contribution in [-0.2, 0) is 11.0 Å². The summed E-state index contributed by atoms with van der Waals surface area (Å²) in [4.78, 5) is 16.7. The number of aliphatic hydroxyl groups excluding tert-OH is 1. The number of alkyl halides is 3. The molecule has 3 aliphatic rings. The minimum atomic E-state index is -5.13. The molecule has 1 unspecified atom stereocenters. The number of aliphatic hydroxyl groups is 1. The molecule has 5 rings (SSSR count). The third kappa shape index (κ3) is 3.56. The van der Waals surface area contributed by atoms with E-state index in [0.29, 0.717) is 36.5 Å². The Balaban J connectivity index is 1.59. The molecular weight excluding hydrogens is 506 g/mol. The minimum Gasteiger partial charge on any atom is -0.486 e. The summed E-state index contributed by atoms with van der Waals surface area (Å²) in [6.45, 7) is -0.132. The highest BCUT2D eigenvalue weighted by Crippen LogP contribution is 2.50. The molecule has 2 fully saturated rings. The molecule has 35 heavy (non-hydrogen) atoms. The van der Waals surface area contributed by atoms with E-state index in [4.69, 9.17) is 22.2 Å². The van der Waals surface area contributed by atoms with Crippen LogP contribution in [-0.4, -0.2) is 40.1 Å². The number of nitriles is 1. The Kier molecular flexibility index (Phi) is 5.69. The van der Waals surface area contributed by atoms with Gasteiger partial charge in [0.25, 0.3) is 5.91 Å². The average Bonchev–Trinajstić information content (AvgIpc) is 3.04. The fraction of sp³-hybridized carbons (Fsp3) is 0.348. The number of hydrogen-bond acceptors (Lipinski definition) is 6. The van der Waals surface area contributed by atoms with E-state index in [0.717, 1.165) is 21.9 Å². The van der Waals surface area contributed by atoms with Gasteiger partial charge in [0.05, 0.1) is 28.8 Å². The second-order valence-corrected chi connectivity index (χ2v) is 9.87. The largest absolute Gasteiger partial charge is 0.486 e. The Hall–Kier alpha value is -2.88. The van der Waals surface area contributed by atoms with Crippen molar-refractivity contribution in [2.24, 2.45) is 0 Å². The Labute approximate surface area is 207 Å². The number of fused-ring (bicyclic) bond motifs is 1. The van der Waals surface area contributed by atoms with Crippen LogP contribution in [0.1, 0.15) is 30.4 Å². The predicted octanol–water partition coefficient (Wildman–Crippen LogP) is 4.62. The van der Waals surface area contributed by atoms with Gasteiger partial charge in [0.1, 0.15) is 23.0 Å². The number of amides is 1. The summed E-state index contributed by atoms with van der Waals surface area (Å²) >= 11 is 7.01. The van der Waals surface area contributed by atoms with Gasteiger partial charge in [-0.25, -0.2) is 4.39 Å². The Morgan fingerprint density at radius 2 is 2.03 bits per heavy atom. The molecule has 1 N–H and O–H groups in total. The van der Waals surface area contributed by atoms with Crippen LogP contribution in [0, 0.1) is 17.1 Å². The van der Waals surface area contributed by atoms with E-state index in [-0.39, 0.29) is 17.8 Å². The summed E-state index contributed by atoms with van der Waals surface area (Å²) in [5.41, 5.74) is -3.83. The van der Waals surface area contributed by atoms with Crippen molar-refractivity contribution in [3.63, 3.8) is 0 Å². The lowest BCUT2D eigenvalue weighted by Crippen LogP contribution is -2.55. The van der Waals surface area contributed by atoms with E-state index in [2.05, 4.69) is 0 Å². The van der Waals surface area contributed by atoms with Gasteiger partial charge in [-0.05, 0) is 61.8 Å². The van der Waals surface area contributed by atoms with Gasteiger partial charge in [-0.2, -0.15) is 18.4 Å². The Bertz CT molecular complexity index is 1290. The smallest absolute Gasteiger partial charge is 0.420 e. The molecule has 2 aromatic carbocycles. The van der Waals surface area contributed by atoms with Gasteiger partial charge in [-0.15, -0.1) is 11.8 Å². The molecule has 2 aliphatic heterocycles. The quantitative estimate of drug-likeness (QED) is 0.465. The second-order valence-electron chi connectivity index (χ2n) is 8.44. The molecule has 1 spiro atoms. The van der Waals surface area contributed by atoms with Crippen LogP contribution in [0.2, 0.25) is 0 Å². The SMILES string of the molecule is N#Cc1ccc(N2C(=O)C3(CCC3)N(c3ccc4c(c3)SCC(CO)O4)C2=S)c(F)c1C(F)(F)F. The Morgan fingerprint density at radius 1 is 1.29 bits per heavy atom. The van der Waals surface area contributed by atoms with Gasteiger partial charge in [0.15, 0.2) is 10.9 Å². The summed E-state index contributed by atoms with van der Waals surface area (Å²) in [7, 11) is 0. The van der Waals surface area contributed by atoms with Crippen LogP contribution in [0.4, 0.5) is 28.9 Å². The first kappa shape index (κ1) is 23.8. The lowest BCUT2D eigenvalue weighted by atomic mass is 9.75. The Morgan fingerprint density at radius 3 is 2.63 bits per heavy atom. The molecule has 1 saturated heterocycles. The van der Waals surface area contributed by atoms with Crippen LogP contribution in [0.3, 0.4) is 0 Å². The van der Waals surface area contributed by atoms with Crippen molar-refractivity contribution in [1.82, 2.24) is 0 Å². The zero-order chi connectivity index (χ0) is 25.1. The number of hydrogen-bond donors (Lipinski definition) is 1. The maximum absolute atomic E-state index is 15.2. The van der Waals surface area contributed by atoms with Crippen molar-refractivity contribution >= 4 is 46.4 Å². The molecule has 0 bridgehead atoms. The van der Waals surface area contributed by atoms with Gasteiger partial charge < -0.3 is 14.7 Å². The van der Waals surface area contributed by atoms with Crippen molar-refractivity contribution in [2.75, 3.05) is 22.2 Å². The number of carbonyl (C=O) groups excluding carboxylic acids is 1. The van der Waals surface area contributed by atoms with Crippen LogP contribution < -0.4 is 14.5 Å². The number of nitrogens with zero attached hydrogens (tertiary/aromatic N) is 3. The average molecular weight is 524 g/mol. The van der Waals surface area contributed by atoms with Gasteiger partial charge >= 0.3 is 6.18 Å². The van der Waals surface area contributed by atoms with Gasteiger partial charge in [0, 0.05) is 11.4 Å². The summed E-state index contributed by atoms with van der Waals surface area (Å²) in [5, 5.41) is 18.3.